The Hall–Kier alpha value is -1.30. The Morgan fingerprint density at radius 3 is 2.59 bits per heavy atom. The lowest BCUT2D eigenvalue weighted by Gasteiger charge is -2.20. The molecule has 0 aromatic rings. The second-order valence-electron chi connectivity index (χ2n) is 4.39. The number of hydrogen-bond donors (Lipinski definition) is 2. The highest BCUT2D eigenvalue weighted by Crippen LogP contribution is 2.29. The van der Waals surface area contributed by atoms with Crippen molar-refractivity contribution in [1.29, 1.82) is 0 Å². The summed E-state index contributed by atoms with van der Waals surface area (Å²) in [7, 11) is 0. The van der Waals surface area contributed by atoms with Crippen LogP contribution < -0.4 is 11.1 Å². The second kappa shape index (κ2) is 5.35. The quantitative estimate of drug-likeness (QED) is 0.703. The molecule has 3 N–H and O–H groups in total. The number of carbonyl (C=O) groups excluding carboxylic acids is 3. The summed E-state index contributed by atoms with van der Waals surface area (Å²) in [5.41, 5.74) is 4.56. The van der Waals surface area contributed by atoms with Gasteiger partial charge in [0.05, 0.1) is 5.41 Å². The first-order valence-corrected chi connectivity index (χ1v) is 5.87. The normalized spacial score (nSPS) is 23.5. The summed E-state index contributed by atoms with van der Waals surface area (Å²) in [6.45, 7) is 2.37. The van der Waals surface area contributed by atoms with E-state index >= 15 is 0 Å². The van der Waals surface area contributed by atoms with Gasteiger partial charge in [0, 0.05) is 25.4 Å². The van der Waals surface area contributed by atoms with Crippen LogP contribution in [-0.4, -0.2) is 41.7 Å². The van der Waals surface area contributed by atoms with E-state index in [1.807, 2.05) is 0 Å². The number of hydrogen-bond acceptors (Lipinski definition) is 3. The van der Waals surface area contributed by atoms with Gasteiger partial charge in [-0.15, -0.1) is 11.6 Å². The molecule has 1 atom stereocenters. The van der Waals surface area contributed by atoms with Crippen molar-refractivity contribution in [1.82, 2.24) is 10.2 Å². The summed E-state index contributed by atoms with van der Waals surface area (Å²) in [6, 6.07) is -0.495. The van der Waals surface area contributed by atoms with Crippen molar-refractivity contribution >= 4 is 29.4 Å². The molecule has 0 spiro atoms. The third kappa shape index (κ3) is 3.33. The number of rotatable bonds is 3. The predicted molar refractivity (Wildman–Crippen MR) is 62.4 cm³/mol. The highest BCUT2D eigenvalue weighted by molar-refractivity contribution is 6.19. The van der Waals surface area contributed by atoms with Crippen LogP contribution in [0.1, 0.15) is 19.8 Å². The van der Waals surface area contributed by atoms with Crippen LogP contribution in [0.2, 0.25) is 0 Å². The fraction of sp³-hybridized carbons (Fsp3) is 0.700. The van der Waals surface area contributed by atoms with E-state index in [0.29, 0.717) is 13.0 Å². The third-order valence-corrected chi connectivity index (χ3v) is 3.11. The van der Waals surface area contributed by atoms with Gasteiger partial charge in [0.15, 0.2) is 0 Å². The first-order valence-electron chi connectivity index (χ1n) is 5.34. The van der Waals surface area contributed by atoms with Crippen LogP contribution in [-0.2, 0) is 9.59 Å². The minimum Gasteiger partial charge on any atom is -0.369 e. The zero-order valence-corrected chi connectivity index (χ0v) is 10.4. The molecule has 1 heterocycles. The Morgan fingerprint density at radius 2 is 2.12 bits per heavy atom. The van der Waals surface area contributed by atoms with Crippen LogP contribution in [0.15, 0.2) is 0 Å². The molecular weight excluding hydrogens is 246 g/mol. The summed E-state index contributed by atoms with van der Waals surface area (Å²) in [5.74, 6) is -0.685. The van der Waals surface area contributed by atoms with Crippen LogP contribution in [0.5, 0.6) is 0 Å². The molecule has 1 saturated heterocycles. The monoisotopic (exact) mass is 261 g/mol. The second-order valence-corrected chi connectivity index (χ2v) is 4.77. The summed E-state index contributed by atoms with van der Waals surface area (Å²) >= 11 is 5.38. The van der Waals surface area contributed by atoms with Crippen LogP contribution in [0.4, 0.5) is 4.79 Å². The standard InChI is InChI=1S/C10H16ClN3O3/c1-10(8(12)16)3-5-14(6-10)9(17)13-7(15)2-4-11/h2-6H2,1H3,(H2,12,16)(H,13,15,17). The lowest BCUT2D eigenvalue weighted by Crippen LogP contribution is -2.44. The molecule has 1 aliphatic heterocycles. The van der Waals surface area contributed by atoms with Gasteiger partial charge in [0.25, 0.3) is 0 Å². The van der Waals surface area contributed by atoms with Gasteiger partial charge in [0.2, 0.25) is 11.8 Å². The topological polar surface area (TPSA) is 92.5 Å². The Bertz CT molecular complexity index is 348. The SMILES string of the molecule is CC1(C(N)=O)CCN(C(=O)NC(=O)CCCl)C1. The molecule has 0 radical (unpaired) electrons. The minimum absolute atomic E-state index is 0.0915. The van der Waals surface area contributed by atoms with Crippen molar-refractivity contribution in [3.63, 3.8) is 0 Å². The number of amides is 4. The summed E-state index contributed by atoms with van der Waals surface area (Å²) in [5, 5.41) is 2.21. The number of likely N-dealkylation sites (tertiary alicyclic amines) is 1. The summed E-state index contributed by atoms with van der Waals surface area (Å²) in [6.07, 6.45) is 0.605. The molecular formula is C10H16ClN3O3. The Morgan fingerprint density at radius 1 is 1.47 bits per heavy atom. The van der Waals surface area contributed by atoms with Gasteiger partial charge >= 0.3 is 6.03 Å². The van der Waals surface area contributed by atoms with Crippen LogP contribution in [0.25, 0.3) is 0 Å². The Labute approximate surface area is 104 Å². The average molecular weight is 262 g/mol. The number of primary amides is 1. The molecule has 4 amide bonds. The van der Waals surface area contributed by atoms with Crippen molar-refractivity contribution in [2.45, 2.75) is 19.8 Å². The number of nitrogens with two attached hydrogens (primary N) is 1. The average Bonchev–Trinajstić information content (AvgIpc) is 2.62. The van der Waals surface area contributed by atoms with E-state index in [4.69, 9.17) is 17.3 Å². The molecule has 7 heteroatoms. The van der Waals surface area contributed by atoms with Crippen LogP contribution in [0.3, 0.4) is 0 Å². The number of alkyl halides is 1. The van der Waals surface area contributed by atoms with Crippen molar-refractivity contribution in [3.8, 4) is 0 Å². The molecule has 6 nitrogen and oxygen atoms in total. The number of urea groups is 1. The maximum atomic E-state index is 11.6. The molecule has 0 saturated carbocycles. The molecule has 0 aliphatic carbocycles. The van der Waals surface area contributed by atoms with Gasteiger partial charge < -0.3 is 10.6 Å². The zero-order valence-electron chi connectivity index (χ0n) is 9.66. The molecule has 0 bridgehead atoms. The van der Waals surface area contributed by atoms with Gasteiger partial charge in [0.1, 0.15) is 0 Å². The van der Waals surface area contributed by atoms with Crippen LogP contribution >= 0.6 is 11.6 Å². The lowest BCUT2D eigenvalue weighted by molar-refractivity contribution is -0.126. The maximum absolute atomic E-state index is 11.6. The van der Waals surface area contributed by atoms with Crippen LogP contribution in [0, 0.1) is 5.41 Å². The number of nitrogens with one attached hydrogen (secondary N) is 1. The maximum Gasteiger partial charge on any atom is 0.324 e. The summed E-state index contributed by atoms with van der Waals surface area (Å²) < 4.78 is 0. The molecule has 1 rings (SSSR count). The van der Waals surface area contributed by atoms with E-state index < -0.39 is 23.3 Å². The highest BCUT2D eigenvalue weighted by atomic mass is 35.5. The smallest absolute Gasteiger partial charge is 0.324 e. The fourth-order valence-electron chi connectivity index (χ4n) is 1.68. The fourth-order valence-corrected chi connectivity index (χ4v) is 1.85. The van der Waals surface area contributed by atoms with Gasteiger partial charge in [-0.25, -0.2) is 4.79 Å². The number of imide groups is 1. The van der Waals surface area contributed by atoms with E-state index in [9.17, 15) is 14.4 Å². The van der Waals surface area contributed by atoms with Crippen molar-refractivity contribution in [2.75, 3.05) is 19.0 Å². The van der Waals surface area contributed by atoms with E-state index in [0.717, 1.165) is 0 Å². The van der Waals surface area contributed by atoms with E-state index in [1.54, 1.807) is 6.92 Å². The van der Waals surface area contributed by atoms with E-state index in [2.05, 4.69) is 5.32 Å². The predicted octanol–water partition coefficient (Wildman–Crippen LogP) is 0.0488. The number of halogens is 1. The number of nitrogens with zero attached hydrogens (tertiary/aromatic N) is 1. The van der Waals surface area contributed by atoms with Crippen molar-refractivity contribution in [3.05, 3.63) is 0 Å². The Balaban J connectivity index is 2.51. The first kappa shape index (κ1) is 13.8. The van der Waals surface area contributed by atoms with Gasteiger partial charge in [-0.3, -0.25) is 14.9 Å². The van der Waals surface area contributed by atoms with Crippen molar-refractivity contribution in [2.24, 2.45) is 11.1 Å². The molecule has 1 fully saturated rings. The minimum atomic E-state index is -0.702. The molecule has 0 aromatic heterocycles. The van der Waals surface area contributed by atoms with E-state index in [1.165, 1.54) is 4.90 Å². The zero-order chi connectivity index (χ0) is 13.1. The molecule has 96 valence electrons. The van der Waals surface area contributed by atoms with E-state index in [-0.39, 0.29) is 18.8 Å². The highest BCUT2D eigenvalue weighted by Gasteiger charge is 2.40. The van der Waals surface area contributed by atoms with Crippen molar-refractivity contribution < 1.29 is 14.4 Å². The van der Waals surface area contributed by atoms with Gasteiger partial charge in [-0.2, -0.15) is 0 Å². The Kier molecular flexibility index (Phi) is 4.34. The molecule has 17 heavy (non-hydrogen) atoms. The number of carbonyl (C=O) groups is 3. The van der Waals surface area contributed by atoms with Gasteiger partial charge in [-0.05, 0) is 13.3 Å². The lowest BCUT2D eigenvalue weighted by atomic mass is 9.89. The largest absolute Gasteiger partial charge is 0.369 e. The molecule has 0 aromatic carbocycles. The molecule has 1 unspecified atom stereocenters. The first-order chi connectivity index (χ1) is 7.89. The molecule has 1 aliphatic rings. The third-order valence-electron chi connectivity index (χ3n) is 2.92. The summed E-state index contributed by atoms with van der Waals surface area (Å²) in [4.78, 5) is 35.4. The van der Waals surface area contributed by atoms with Gasteiger partial charge in [-0.1, -0.05) is 0 Å².